The van der Waals surface area contributed by atoms with Gasteiger partial charge < -0.3 is 9.52 Å². The fourth-order valence-corrected chi connectivity index (χ4v) is 2.29. The molecular weight excluding hydrogens is 276 g/mol. The summed E-state index contributed by atoms with van der Waals surface area (Å²) >= 11 is 6.00. The number of ketones is 1. The number of hydrogen-bond acceptors (Lipinski definition) is 3. The molecular formula is C16H11ClO3. The lowest BCUT2D eigenvalue weighted by Gasteiger charge is -2.07. The zero-order valence-corrected chi connectivity index (χ0v) is 11.2. The van der Waals surface area contributed by atoms with Crippen molar-refractivity contribution in [1.29, 1.82) is 0 Å². The van der Waals surface area contributed by atoms with Gasteiger partial charge in [0.1, 0.15) is 6.10 Å². The second kappa shape index (κ2) is 5.12. The van der Waals surface area contributed by atoms with Gasteiger partial charge in [0.25, 0.3) is 0 Å². The van der Waals surface area contributed by atoms with Crippen LogP contribution in [0.15, 0.2) is 59.0 Å². The normalized spacial score (nSPS) is 12.5. The minimum atomic E-state index is -1.24. The first-order chi connectivity index (χ1) is 9.66. The molecule has 1 aromatic heterocycles. The molecule has 0 aliphatic heterocycles. The summed E-state index contributed by atoms with van der Waals surface area (Å²) in [4.78, 5) is 12.2. The van der Waals surface area contributed by atoms with E-state index in [1.165, 1.54) is 0 Å². The van der Waals surface area contributed by atoms with Crippen LogP contribution in [0.5, 0.6) is 0 Å². The Morgan fingerprint density at radius 3 is 2.55 bits per heavy atom. The van der Waals surface area contributed by atoms with E-state index in [2.05, 4.69) is 0 Å². The van der Waals surface area contributed by atoms with Crippen molar-refractivity contribution in [2.45, 2.75) is 6.10 Å². The number of carbonyl (C=O) groups is 1. The van der Waals surface area contributed by atoms with Crippen LogP contribution in [0.2, 0.25) is 5.02 Å². The van der Waals surface area contributed by atoms with Gasteiger partial charge in [-0.05, 0) is 17.7 Å². The maximum atomic E-state index is 12.2. The summed E-state index contributed by atoms with van der Waals surface area (Å²) < 4.78 is 5.46. The standard InChI is InChI=1S/C16H11ClO3/c17-12-8-4-7-11-9-13(20-16(11)12)15(19)14(18)10-5-2-1-3-6-10/h1-9,14,18H. The molecule has 3 rings (SSSR count). The first-order valence-corrected chi connectivity index (χ1v) is 6.50. The van der Waals surface area contributed by atoms with Gasteiger partial charge in [0.2, 0.25) is 5.78 Å². The van der Waals surface area contributed by atoms with Crippen molar-refractivity contribution < 1.29 is 14.3 Å². The fourth-order valence-electron chi connectivity index (χ4n) is 2.07. The number of hydrogen-bond donors (Lipinski definition) is 1. The molecule has 1 atom stereocenters. The van der Waals surface area contributed by atoms with Crippen LogP contribution in [0.3, 0.4) is 0 Å². The van der Waals surface area contributed by atoms with Gasteiger partial charge in [-0.25, -0.2) is 0 Å². The Balaban J connectivity index is 1.99. The van der Waals surface area contributed by atoms with E-state index in [-0.39, 0.29) is 5.76 Å². The summed E-state index contributed by atoms with van der Waals surface area (Å²) in [5.41, 5.74) is 0.988. The summed E-state index contributed by atoms with van der Waals surface area (Å²) in [6, 6.07) is 15.6. The molecule has 20 heavy (non-hydrogen) atoms. The van der Waals surface area contributed by atoms with Gasteiger partial charge in [0.15, 0.2) is 11.3 Å². The van der Waals surface area contributed by atoms with Crippen LogP contribution in [0.25, 0.3) is 11.0 Å². The number of rotatable bonds is 3. The third kappa shape index (κ3) is 2.22. The highest BCUT2D eigenvalue weighted by atomic mass is 35.5. The molecule has 0 bridgehead atoms. The second-order valence-electron chi connectivity index (χ2n) is 4.45. The zero-order valence-electron chi connectivity index (χ0n) is 10.4. The van der Waals surface area contributed by atoms with E-state index in [0.29, 0.717) is 16.2 Å². The molecule has 1 heterocycles. The van der Waals surface area contributed by atoms with Crippen molar-refractivity contribution in [1.82, 2.24) is 0 Å². The van der Waals surface area contributed by atoms with E-state index < -0.39 is 11.9 Å². The Labute approximate surface area is 120 Å². The third-order valence-corrected chi connectivity index (χ3v) is 3.40. The number of halogens is 1. The van der Waals surface area contributed by atoms with Gasteiger partial charge in [-0.1, -0.05) is 54.1 Å². The van der Waals surface area contributed by atoms with Crippen molar-refractivity contribution in [3.63, 3.8) is 0 Å². The zero-order chi connectivity index (χ0) is 14.1. The molecule has 3 aromatic rings. The second-order valence-corrected chi connectivity index (χ2v) is 4.85. The summed E-state index contributed by atoms with van der Waals surface area (Å²) in [6.07, 6.45) is -1.24. The van der Waals surface area contributed by atoms with Crippen molar-refractivity contribution in [3.8, 4) is 0 Å². The summed E-state index contributed by atoms with van der Waals surface area (Å²) in [5.74, 6) is -0.382. The number of carbonyl (C=O) groups excluding carboxylic acids is 1. The van der Waals surface area contributed by atoms with E-state index >= 15 is 0 Å². The molecule has 0 aliphatic carbocycles. The first kappa shape index (κ1) is 12.9. The van der Waals surface area contributed by atoms with Crippen molar-refractivity contribution >= 4 is 28.4 Å². The van der Waals surface area contributed by atoms with Crippen LogP contribution < -0.4 is 0 Å². The lowest BCUT2D eigenvalue weighted by atomic mass is 10.0. The topological polar surface area (TPSA) is 50.4 Å². The smallest absolute Gasteiger partial charge is 0.230 e. The Kier molecular flexibility index (Phi) is 3.30. The van der Waals surface area contributed by atoms with Gasteiger partial charge in [-0.15, -0.1) is 0 Å². The minimum Gasteiger partial charge on any atom is -0.451 e. The Morgan fingerprint density at radius 1 is 1.10 bits per heavy atom. The molecule has 100 valence electrons. The monoisotopic (exact) mass is 286 g/mol. The summed E-state index contributed by atoms with van der Waals surface area (Å²) in [6.45, 7) is 0. The Hall–Kier alpha value is -2.10. The fraction of sp³-hybridized carbons (Fsp3) is 0.0625. The molecule has 0 spiro atoms. The number of furan rings is 1. The molecule has 0 saturated carbocycles. The quantitative estimate of drug-likeness (QED) is 0.740. The largest absolute Gasteiger partial charge is 0.451 e. The first-order valence-electron chi connectivity index (χ1n) is 6.12. The molecule has 1 N–H and O–H groups in total. The average molecular weight is 287 g/mol. The molecule has 3 nitrogen and oxygen atoms in total. The molecule has 4 heteroatoms. The molecule has 0 saturated heterocycles. The van der Waals surface area contributed by atoms with E-state index in [4.69, 9.17) is 16.0 Å². The van der Waals surface area contributed by atoms with Crippen LogP contribution >= 0.6 is 11.6 Å². The number of benzene rings is 2. The maximum absolute atomic E-state index is 12.2. The van der Waals surface area contributed by atoms with E-state index in [1.54, 1.807) is 48.5 Å². The highest BCUT2D eigenvalue weighted by Crippen LogP contribution is 2.29. The van der Waals surface area contributed by atoms with Crippen LogP contribution in [-0.2, 0) is 0 Å². The minimum absolute atomic E-state index is 0.101. The highest BCUT2D eigenvalue weighted by Gasteiger charge is 2.23. The molecule has 0 aliphatic rings. The molecule has 0 radical (unpaired) electrons. The van der Waals surface area contributed by atoms with E-state index in [9.17, 15) is 9.90 Å². The van der Waals surface area contributed by atoms with Crippen LogP contribution in [0, 0.1) is 0 Å². The van der Waals surface area contributed by atoms with Crippen LogP contribution in [-0.4, -0.2) is 10.9 Å². The predicted molar refractivity (Wildman–Crippen MR) is 77.0 cm³/mol. The SMILES string of the molecule is O=C(c1cc2cccc(Cl)c2o1)C(O)c1ccccc1. The highest BCUT2D eigenvalue weighted by molar-refractivity contribution is 6.34. The molecule has 0 amide bonds. The number of aliphatic hydroxyl groups is 1. The Morgan fingerprint density at radius 2 is 1.85 bits per heavy atom. The number of Topliss-reactive ketones (excluding diaryl/α,β-unsaturated/α-hetero) is 1. The van der Waals surface area contributed by atoms with Gasteiger partial charge >= 0.3 is 0 Å². The number of aliphatic hydroxyl groups excluding tert-OH is 1. The van der Waals surface area contributed by atoms with Crippen LogP contribution in [0.1, 0.15) is 22.2 Å². The lowest BCUT2D eigenvalue weighted by molar-refractivity contribution is 0.0720. The lowest BCUT2D eigenvalue weighted by Crippen LogP contribution is -2.11. The number of para-hydroxylation sites is 1. The Bertz CT molecular complexity index is 762. The van der Waals surface area contributed by atoms with Crippen LogP contribution in [0.4, 0.5) is 0 Å². The maximum Gasteiger partial charge on any atom is 0.230 e. The molecule has 2 aromatic carbocycles. The summed E-state index contributed by atoms with van der Waals surface area (Å²) in [7, 11) is 0. The third-order valence-electron chi connectivity index (χ3n) is 3.10. The van der Waals surface area contributed by atoms with Gasteiger partial charge in [0, 0.05) is 5.39 Å². The average Bonchev–Trinajstić information content (AvgIpc) is 2.92. The number of fused-ring (bicyclic) bond motifs is 1. The van der Waals surface area contributed by atoms with Gasteiger partial charge in [0.05, 0.1) is 5.02 Å². The predicted octanol–water partition coefficient (Wildman–Crippen LogP) is 4.00. The van der Waals surface area contributed by atoms with Crippen molar-refractivity contribution in [2.75, 3.05) is 0 Å². The molecule has 1 unspecified atom stereocenters. The van der Waals surface area contributed by atoms with Gasteiger partial charge in [-0.2, -0.15) is 0 Å². The summed E-state index contributed by atoms with van der Waals surface area (Å²) in [5, 5.41) is 11.3. The molecule has 0 fully saturated rings. The van der Waals surface area contributed by atoms with Crippen molar-refractivity contribution in [2.24, 2.45) is 0 Å². The van der Waals surface area contributed by atoms with E-state index in [1.807, 2.05) is 6.07 Å². The van der Waals surface area contributed by atoms with Gasteiger partial charge in [-0.3, -0.25) is 4.79 Å². The van der Waals surface area contributed by atoms with Crippen molar-refractivity contribution in [3.05, 3.63) is 70.9 Å². The van der Waals surface area contributed by atoms with E-state index in [0.717, 1.165) is 5.39 Å².